The van der Waals surface area contributed by atoms with E-state index in [1.54, 1.807) is 0 Å². The first kappa shape index (κ1) is 11.7. The summed E-state index contributed by atoms with van der Waals surface area (Å²) in [4.78, 5) is 0. The lowest BCUT2D eigenvalue weighted by Crippen LogP contribution is -1.93. The topological polar surface area (TPSA) is 13.1 Å². The fraction of sp³-hybridized carbons (Fsp3) is 0. The molecular weight excluding hydrogens is 617 g/mol. The Hall–Kier alpha value is -6.70. The Bertz CT molecular complexity index is 4840. The molecule has 0 saturated heterocycles. The summed E-state index contributed by atoms with van der Waals surface area (Å²) in [6, 6.07) is -29.0. The van der Waals surface area contributed by atoms with Crippen molar-refractivity contribution in [3.05, 3.63) is 181 Å². The van der Waals surface area contributed by atoms with Crippen molar-refractivity contribution in [2.45, 2.75) is 0 Å². The number of hydrogen-bond acceptors (Lipinski definition) is 1. The van der Waals surface area contributed by atoms with Gasteiger partial charge < -0.3 is 4.42 Å². The smallest absolute Gasteiger partial charge is 0.143 e. The quantitative estimate of drug-likeness (QED) is 0.170. The van der Waals surface area contributed by atoms with E-state index >= 15 is 0 Å². The van der Waals surface area contributed by atoms with Gasteiger partial charge in [0, 0.05) is 16.2 Å². The van der Waals surface area contributed by atoms with Gasteiger partial charge in [0.1, 0.15) is 11.2 Å². The van der Waals surface area contributed by atoms with Crippen molar-refractivity contribution in [2.75, 3.05) is 0 Å². The highest BCUT2D eigenvalue weighted by molar-refractivity contribution is 6.28. The highest BCUT2D eigenvalue weighted by Gasteiger charge is 2.22. The molecule has 0 amide bonds. The maximum Gasteiger partial charge on any atom is 0.143 e. The Morgan fingerprint density at radius 1 is 0.294 bits per heavy atom. The van der Waals surface area contributed by atoms with E-state index in [-0.39, 0.29) is 0 Å². The van der Waals surface area contributed by atoms with Gasteiger partial charge in [-0.05, 0) is 93.9 Å². The van der Waals surface area contributed by atoms with Gasteiger partial charge in [-0.3, -0.25) is 0 Å². The summed E-state index contributed by atoms with van der Waals surface area (Å²) in [5.74, 6) is 0. The standard InChI is InChI=1S/C50H30O/c1-3-16-33-31(13-1)15-11-24-35(33)38-29-30-43(37-19-6-5-18-36(37)38)47-39-20-7-9-22-41(39)48(42-23-10-8-21-40(42)47)44-25-12-26-46-49(44)45-28-27-32-14-2-4-17-34(32)50(45)51-46/h1-30H/i1D,2D,3D,4D,5D,6D,7D,8D,9D,10D,11D,12D,13D,14D,15D,16D,17D,18D,19D,20D,21D,22D,23D,24D,25D,26D,27D,28D,29D,30D. The Labute approximate surface area is 336 Å². The van der Waals surface area contributed by atoms with Gasteiger partial charge in [0.05, 0.1) is 41.1 Å². The minimum Gasteiger partial charge on any atom is -0.455 e. The van der Waals surface area contributed by atoms with E-state index in [9.17, 15) is 15.1 Å². The van der Waals surface area contributed by atoms with Gasteiger partial charge in [-0.1, -0.05) is 169 Å². The molecule has 10 aromatic carbocycles. The summed E-state index contributed by atoms with van der Waals surface area (Å²) in [6.45, 7) is 0. The largest absolute Gasteiger partial charge is 0.455 e. The molecule has 1 heteroatoms. The zero-order chi connectivity index (χ0) is 59.6. The van der Waals surface area contributed by atoms with Gasteiger partial charge in [0.2, 0.25) is 0 Å². The van der Waals surface area contributed by atoms with E-state index in [0.717, 1.165) is 0 Å². The average Bonchev–Trinajstić information content (AvgIpc) is 3.89. The molecule has 0 radical (unpaired) electrons. The minimum absolute atomic E-state index is 0.486. The Morgan fingerprint density at radius 3 is 1.43 bits per heavy atom. The van der Waals surface area contributed by atoms with Gasteiger partial charge in [-0.15, -0.1) is 0 Å². The number of furan rings is 1. The Kier molecular flexibility index (Phi) is 2.50. The second-order valence-electron chi connectivity index (χ2n) is 11.3. The summed E-state index contributed by atoms with van der Waals surface area (Å²) < 4.78 is 280. The van der Waals surface area contributed by atoms with Crippen LogP contribution in [-0.2, 0) is 0 Å². The summed E-state index contributed by atoms with van der Waals surface area (Å²) in [5.41, 5.74) is -5.99. The summed E-state index contributed by atoms with van der Waals surface area (Å²) in [6.07, 6.45) is 0. The van der Waals surface area contributed by atoms with Crippen molar-refractivity contribution >= 4 is 75.8 Å². The molecule has 0 bridgehead atoms. The predicted octanol–water partition coefficient (Wildman–Crippen LogP) is 14.4. The van der Waals surface area contributed by atoms with Crippen LogP contribution in [0.1, 0.15) is 41.1 Å². The predicted molar refractivity (Wildman–Crippen MR) is 218 cm³/mol. The van der Waals surface area contributed by atoms with Crippen molar-refractivity contribution < 1.29 is 45.5 Å². The van der Waals surface area contributed by atoms with E-state index in [0.29, 0.717) is 0 Å². The maximum atomic E-state index is 9.98. The Morgan fingerprint density at radius 2 is 0.745 bits per heavy atom. The van der Waals surface area contributed by atoms with Crippen LogP contribution in [0.5, 0.6) is 0 Å². The first-order valence-electron chi connectivity index (χ1n) is 30.2. The van der Waals surface area contributed by atoms with E-state index < -0.39 is 290 Å². The van der Waals surface area contributed by atoms with Crippen molar-refractivity contribution in [1.82, 2.24) is 0 Å². The van der Waals surface area contributed by atoms with Crippen molar-refractivity contribution in [1.29, 1.82) is 0 Å². The number of fused-ring (bicyclic) bond motifs is 9. The fourth-order valence-electron chi connectivity index (χ4n) is 6.59. The molecule has 0 aliphatic carbocycles. The van der Waals surface area contributed by atoms with Gasteiger partial charge in [-0.2, -0.15) is 0 Å². The molecule has 51 heavy (non-hydrogen) atoms. The third-order valence-corrected chi connectivity index (χ3v) is 8.69. The molecule has 0 atom stereocenters. The maximum absolute atomic E-state index is 9.98. The van der Waals surface area contributed by atoms with Gasteiger partial charge in [-0.25, -0.2) is 0 Å². The SMILES string of the molecule is [2H]c1c([2H])c(-c2c3c([2H])c([2H])c([2H])c([2H])c3c(-c3c([2H])c([2H])c(-c4c([2H])c([2H])c([2H])c5c([2H])c([2H])c([2H])c([2H])c45)c4c([2H])c([2H])c([2H])c([2H])c34)c3c([2H])c([2H])c([2H])c([2H])c23)c2c(oc3c4c([2H])c([2H])c([2H])c([2H])c4c([2H])c([2H])c32)c1[2H]. The zero-order valence-electron chi connectivity index (χ0n) is 55.4. The fourth-order valence-corrected chi connectivity index (χ4v) is 6.59. The lowest BCUT2D eigenvalue weighted by Gasteiger charge is -2.20. The summed E-state index contributed by atoms with van der Waals surface area (Å²) >= 11 is 0. The van der Waals surface area contributed by atoms with Crippen LogP contribution in [0.4, 0.5) is 0 Å². The lowest BCUT2D eigenvalue weighted by atomic mass is 9.83. The normalized spacial score (nSPS) is 20.2. The molecule has 0 unspecified atom stereocenters. The molecule has 0 fully saturated rings. The van der Waals surface area contributed by atoms with Crippen LogP contribution in [0, 0.1) is 0 Å². The van der Waals surface area contributed by atoms with E-state index in [1.807, 2.05) is 0 Å². The van der Waals surface area contributed by atoms with Crippen LogP contribution in [0.3, 0.4) is 0 Å². The molecule has 0 N–H and O–H groups in total. The van der Waals surface area contributed by atoms with Crippen LogP contribution in [0.25, 0.3) is 109 Å². The molecule has 1 heterocycles. The Balaban J connectivity index is 1.48. The van der Waals surface area contributed by atoms with E-state index in [1.165, 1.54) is 0 Å². The summed E-state index contributed by atoms with van der Waals surface area (Å²) in [7, 11) is 0. The molecule has 0 spiro atoms. The second-order valence-corrected chi connectivity index (χ2v) is 11.3. The number of benzene rings is 10. The minimum atomic E-state index is -1.15. The average molecular weight is 677 g/mol. The van der Waals surface area contributed by atoms with E-state index in [4.69, 9.17) is 30.5 Å². The summed E-state index contributed by atoms with van der Waals surface area (Å²) in [5, 5.41) is -8.24. The van der Waals surface area contributed by atoms with Crippen LogP contribution in [0.2, 0.25) is 0 Å². The number of rotatable bonds is 3. The first-order chi connectivity index (χ1) is 37.8. The molecule has 1 aromatic heterocycles. The van der Waals surface area contributed by atoms with Crippen molar-refractivity contribution in [3.8, 4) is 33.4 Å². The van der Waals surface area contributed by atoms with Gasteiger partial charge in [0.25, 0.3) is 0 Å². The highest BCUT2D eigenvalue weighted by Crippen LogP contribution is 2.49. The van der Waals surface area contributed by atoms with Gasteiger partial charge >= 0.3 is 0 Å². The molecular formula is C50H30O. The molecule has 0 saturated carbocycles. The first-order valence-corrected chi connectivity index (χ1v) is 15.2. The third-order valence-electron chi connectivity index (χ3n) is 8.69. The van der Waals surface area contributed by atoms with Crippen LogP contribution >= 0.6 is 0 Å². The van der Waals surface area contributed by atoms with Crippen molar-refractivity contribution in [2.24, 2.45) is 0 Å². The monoisotopic (exact) mass is 676 g/mol. The van der Waals surface area contributed by atoms with Crippen LogP contribution in [-0.4, -0.2) is 0 Å². The van der Waals surface area contributed by atoms with Crippen LogP contribution in [0.15, 0.2) is 186 Å². The second kappa shape index (κ2) is 10.9. The highest BCUT2D eigenvalue weighted by atomic mass is 16.3. The van der Waals surface area contributed by atoms with Crippen LogP contribution < -0.4 is 0 Å². The van der Waals surface area contributed by atoms with Crippen molar-refractivity contribution in [3.63, 3.8) is 0 Å². The molecule has 1 nitrogen and oxygen atoms in total. The molecule has 11 aromatic rings. The lowest BCUT2D eigenvalue weighted by molar-refractivity contribution is 0.673. The third kappa shape index (κ3) is 4.09. The molecule has 11 rings (SSSR count). The molecule has 0 aliphatic rings. The zero-order valence-corrected chi connectivity index (χ0v) is 25.4. The van der Waals surface area contributed by atoms with E-state index in [2.05, 4.69) is 0 Å². The molecule has 0 aliphatic heterocycles. The molecule has 236 valence electrons. The van der Waals surface area contributed by atoms with Gasteiger partial charge in [0.15, 0.2) is 0 Å². The number of hydrogen-bond donors (Lipinski definition) is 0.